The first-order valence-corrected chi connectivity index (χ1v) is 12.5. The van der Waals surface area contributed by atoms with Crippen LogP contribution in [0.4, 0.5) is 5.69 Å². The molecule has 0 unspecified atom stereocenters. The summed E-state index contributed by atoms with van der Waals surface area (Å²) in [5.41, 5.74) is 1.66. The van der Waals surface area contributed by atoms with E-state index in [1.807, 2.05) is 73.7 Å². The zero-order chi connectivity index (χ0) is 24.2. The summed E-state index contributed by atoms with van der Waals surface area (Å²) in [4.78, 5) is 28.6. The lowest BCUT2D eigenvalue weighted by molar-refractivity contribution is -0.135. The zero-order valence-electron chi connectivity index (χ0n) is 20.0. The van der Waals surface area contributed by atoms with Gasteiger partial charge in [-0.15, -0.1) is 11.8 Å². The predicted octanol–water partition coefficient (Wildman–Crippen LogP) is 4.79. The fraction of sp³-hybridized carbons (Fsp3) is 0.385. The van der Waals surface area contributed by atoms with Crippen LogP contribution in [-0.4, -0.2) is 52.3 Å². The van der Waals surface area contributed by atoms with Gasteiger partial charge in [0.05, 0.1) is 5.75 Å². The average Bonchev–Trinajstić information content (AvgIpc) is 3.14. The number of rotatable bonds is 8. The van der Waals surface area contributed by atoms with E-state index in [9.17, 15) is 9.59 Å². The zero-order valence-corrected chi connectivity index (χ0v) is 20.9. The van der Waals surface area contributed by atoms with E-state index in [2.05, 4.69) is 5.32 Å². The highest BCUT2D eigenvalue weighted by atomic mass is 32.2. The first kappa shape index (κ1) is 24.0. The van der Waals surface area contributed by atoms with Gasteiger partial charge in [-0.2, -0.15) is 0 Å². The molecule has 0 bridgehead atoms. The lowest BCUT2D eigenvalue weighted by Gasteiger charge is -2.31. The van der Waals surface area contributed by atoms with Crippen LogP contribution >= 0.6 is 11.8 Å². The van der Waals surface area contributed by atoms with Gasteiger partial charge in [0.2, 0.25) is 11.8 Å². The third-order valence-corrected chi connectivity index (χ3v) is 6.69. The van der Waals surface area contributed by atoms with Gasteiger partial charge < -0.3 is 24.3 Å². The normalized spacial score (nSPS) is 12.9. The van der Waals surface area contributed by atoms with E-state index in [4.69, 9.17) is 9.47 Å². The van der Waals surface area contributed by atoms with Crippen molar-refractivity contribution in [3.05, 3.63) is 48.7 Å². The lowest BCUT2D eigenvalue weighted by atomic mass is 10.2. The summed E-state index contributed by atoms with van der Waals surface area (Å²) in [6.07, 6.45) is 1.98. The Labute approximate surface area is 204 Å². The van der Waals surface area contributed by atoms with Gasteiger partial charge >= 0.3 is 0 Å². The lowest BCUT2D eigenvalue weighted by Crippen LogP contribution is -2.43. The second-order valence-electron chi connectivity index (χ2n) is 8.82. The summed E-state index contributed by atoms with van der Waals surface area (Å²) < 4.78 is 13.1. The number of nitrogens with one attached hydrogen (secondary N) is 1. The Balaban J connectivity index is 1.45. The van der Waals surface area contributed by atoms with Crippen LogP contribution in [0.5, 0.6) is 11.5 Å². The summed E-state index contributed by atoms with van der Waals surface area (Å²) in [5, 5.41) is 3.96. The fourth-order valence-electron chi connectivity index (χ4n) is 4.32. The number of aromatic nitrogens is 1. The van der Waals surface area contributed by atoms with Crippen molar-refractivity contribution in [3.8, 4) is 11.5 Å². The van der Waals surface area contributed by atoms with Crippen molar-refractivity contribution in [3.63, 3.8) is 0 Å². The molecule has 0 aliphatic carbocycles. The molecule has 8 heteroatoms. The van der Waals surface area contributed by atoms with Crippen molar-refractivity contribution in [2.24, 2.45) is 0 Å². The third-order valence-electron chi connectivity index (χ3n) is 5.64. The summed E-state index contributed by atoms with van der Waals surface area (Å²) in [6.45, 7) is 9.43. The first-order valence-electron chi connectivity index (χ1n) is 11.5. The first-order chi connectivity index (χ1) is 16.3. The molecular weight excluding hydrogens is 450 g/mol. The molecule has 1 aliphatic heterocycles. The minimum atomic E-state index is -0.111. The van der Waals surface area contributed by atoms with E-state index < -0.39 is 0 Å². The minimum Gasteiger partial charge on any atom is -0.486 e. The van der Waals surface area contributed by atoms with Gasteiger partial charge in [-0.05, 0) is 45.9 Å². The van der Waals surface area contributed by atoms with Gasteiger partial charge in [0.1, 0.15) is 19.8 Å². The Hall–Kier alpha value is -3.13. The Bertz CT molecular complexity index is 1180. The quantitative estimate of drug-likeness (QED) is 0.469. The van der Waals surface area contributed by atoms with Gasteiger partial charge in [-0.1, -0.05) is 18.2 Å². The summed E-state index contributed by atoms with van der Waals surface area (Å²) in [6, 6.07) is 13.6. The Kier molecular flexibility index (Phi) is 7.36. The van der Waals surface area contributed by atoms with E-state index in [0.29, 0.717) is 30.4 Å². The largest absolute Gasteiger partial charge is 0.486 e. The number of benzene rings is 2. The van der Waals surface area contributed by atoms with E-state index >= 15 is 0 Å². The maximum Gasteiger partial charge on any atom is 0.242 e. The molecule has 2 heterocycles. The minimum absolute atomic E-state index is 0.0821. The van der Waals surface area contributed by atoms with Crippen molar-refractivity contribution < 1.29 is 19.1 Å². The highest BCUT2D eigenvalue weighted by molar-refractivity contribution is 8.00. The maximum absolute atomic E-state index is 13.0. The molecule has 0 atom stereocenters. The second kappa shape index (κ2) is 10.4. The van der Waals surface area contributed by atoms with Crippen molar-refractivity contribution in [1.29, 1.82) is 0 Å². The topological polar surface area (TPSA) is 72.8 Å². The molecule has 1 aliphatic rings. The van der Waals surface area contributed by atoms with Gasteiger partial charge in [0.25, 0.3) is 0 Å². The number of carbonyl (C=O) groups excluding carboxylic acids is 2. The average molecular weight is 482 g/mol. The van der Waals surface area contributed by atoms with Gasteiger partial charge in [0, 0.05) is 45.8 Å². The van der Waals surface area contributed by atoms with Crippen LogP contribution in [0, 0.1) is 0 Å². The molecule has 1 N–H and O–H groups in total. The molecule has 4 rings (SSSR count). The highest BCUT2D eigenvalue weighted by Crippen LogP contribution is 2.33. The molecule has 180 valence electrons. The number of hydrogen-bond acceptors (Lipinski definition) is 5. The number of carbonyl (C=O) groups is 2. The molecule has 34 heavy (non-hydrogen) atoms. The standard InChI is InChI=1S/C26H31N3O4S/c1-17(2)29(18(3)4)26(31)15-28-14-24(20-7-5-6-8-21(20)28)34-16-25(30)27-19-9-10-22-23(13-19)33-12-11-32-22/h5-10,13-14,17-18H,11-12,15-16H2,1-4H3,(H,27,30). The van der Waals surface area contributed by atoms with Crippen molar-refractivity contribution >= 4 is 40.2 Å². The predicted molar refractivity (Wildman–Crippen MR) is 136 cm³/mol. The molecule has 2 aromatic carbocycles. The molecule has 1 aromatic heterocycles. The number of hydrogen-bond donors (Lipinski definition) is 1. The van der Waals surface area contributed by atoms with Crippen LogP contribution in [-0.2, 0) is 16.1 Å². The summed E-state index contributed by atoms with van der Waals surface area (Å²) in [7, 11) is 0. The number of para-hydroxylation sites is 1. The Morgan fingerprint density at radius 2 is 1.74 bits per heavy atom. The van der Waals surface area contributed by atoms with Crippen LogP contribution in [0.2, 0.25) is 0 Å². The van der Waals surface area contributed by atoms with Crippen molar-refractivity contribution in [2.45, 2.75) is 51.2 Å². The SMILES string of the molecule is CC(C)N(C(=O)Cn1cc(SCC(=O)Nc2ccc3c(c2)OCCO3)c2ccccc21)C(C)C. The summed E-state index contributed by atoms with van der Waals surface area (Å²) >= 11 is 1.46. The number of anilines is 1. The molecule has 0 saturated carbocycles. The van der Waals surface area contributed by atoms with Crippen LogP contribution in [0.3, 0.4) is 0 Å². The molecule has 0 fully saturated rings. The molecule has 2 amide bonds. The molecule has 7 nitrogen and oxygen atoms in total. The van der Waals surface area contributed by atoms with E-state index in [-0.39, 0.29) is 36.2 Å². The number of ether oxygens (including phenoxy) is 2. The smallest absolute Gasteiger partial charge is 0.242 e. The maximum atomic E-state index is 13.0. The third kappa shape index (κ3) is 5.33. The molecule has 3 aromatic rings. The monoisotopic (exact) mass is 481 g/mol. The van der Waals surface area contributed by atoms with Crippen LogP contribution in [0.1, 0.15) is 27.7 Å². The van der Waals surface area contributed by atoms with Crippen molar-refractivity contribution in [1.82, 2.24) is 9.47 Å². The van der Waals surface area contributed by atoms with Crippen LogP contribution in [0.15, 0.2) is 53.6 Å². The number of amides is 2. The second-order valence-corrected chi connectivity index (χ2v) is 9.84. The fourth-order valence-corrected chi connectivity index (χ4v) is 5.21. The van der Waals surface area contributed by atoms with E-state index in [0.717, 1.165) is 15.8 Å². The number of fused-ring (bicyclic) bond motifs is 2. The number of thioether (sulfide) groups is 1. The molecule has 0 saturated heterocycles. The Morgan fingerprint density at radius 3 is 2.47 bits per heavy atom. The molecule has 0 radical (unpaired) electrons. The van der Waals surface area contributed by atoms with Crippen LogP contribution < -0.4 is 14.8 Å². The van der Waals surface area contributed by atoms with Crippen molar-refractivity contribution in [2.75, 3.05) is 24.3 Å². The number of nitrogens with zero attached hydrogens (tertiary/aromatic N) is 2. The van der Waals surface area contributed by atoms with Crippen LogP contribution in [0.25, 0.3) is 10.9 Å². The van der Waals surface area contributed by atoms with Gasteiger partial charge in [-0.3, -0.25) is 9.59 Å². The molecule has 0 spiro atoms. The summed E-state index contributed by atoms with van der Waals surface area (Å²) in [5.74, 6) is 1.55. The van der Waals surface area contributed by atoms with E-state index in [1.54, 1.807) is 12.1 Å². The van der Waals surface area contributed by atoms with Gasteiger partial charge in [0.15, 0.2) is 11.5 Å². The highest BCUT2D eigenvalue weighted by Gasteiger charge is 2.21. The van der Waals surface area contributed by atoms with Gasteiger partial charge in [-0.25, -0.2) is 0 Å². The molecular formula is C26H31N3O4S. The van der Waals surface area contributed by atoms with E-state index in [1.165, 1.54) is 11.8 Å². The Morgan fingerprint density at radius 1 is 1.03 bits per heavy atom.